The molecule has 6 heteroatoms. The molecule has 2 amide bonds. The Bertz CT molecular complexity index is 843. The van der Waals surface area contributed by atoms with Crippen LogP contribution in [0.4, 0.5) is 0 Å². The highest BCUT2D eigenvalue weighted by molar-refractivity contribution is 5.93. The van der Waals surface area contributed by atoms with E-state index in [0.717, 1.165) is 11.1 Å². The van der Waals surface area contributed by atoms with Gasteiger partial charge in [-0.25, -0.2) is 5.48 Å². The fraction of sp³-hybridized carbons (Fsp3) is 0.333. The zero-order chi connectivity index (χ0) is 19.6. The van der Waals surface area contributed by atoms with E-state index in [0.29, 0.717) is 17.9 Å². The molecule has 0 fully saturated rings. The highest BCUT2D eigenvalue weighted by atomic mass is 16.5. The Balaban J connectivity index is 2.02. The molecule has 0 aliphatic carbocycles. The van der Waals surface area contributed by atoms with Crippen molar-refractivity contribution in [1.82, 2.24) is 10.4 Å². The Hall–Kier alpha value is -2.86. The zero-order valence-electron chi connectivity index (χ0n) is 15.7. The summed E-state index contributed by atoms with van der Waals surface area (Å²) in [4.78, 5) is 26.7. The average molecular weight is 368 g/mol. The van der Waals surface area contributed by atoms with Crippen LogP contribution in [0.3, 0.4) is 0 Å². The Morgan fingerprint density at radius 1 is 1.15 bits per heavy atom. The first kappa shape index (κ1) is 18.9. The fourth-order valence-electron chi connectivity index (χ4n) is 3.17. The van der Waals surface area contributed by atoms with Gasteiger partial charge in [-0.2, -0.15) is 0 Å². The van der Waals surface area contributed by atoms with Crippen molar-refractivity contribution in [2.45, 2.75) is 33.4 Å². The molecule has 0 saturated carbocycles. The Labute approximate surface area is 158 Å². The molecule has 0 radical (unpaired) electrons. The van der Waals surface area contributed by atoms with E-state index in [-0.39, 0.29) is 18.6 Å². The van der Waals surface area contributed by atoms with E-state index in [2.05, 4.69) is 0 Å². The Morgan fingerprint density at radius 2 is 1.85 bits per heavy atom. The lowest BCUT2D eigenvalue weighted by Gasteiger charge is -2.34. The third kappa shape index (κ3) is 3.95. The van der Waals surface area contributed by atoms with Gasteiger partial charge in [-0.3, -0.25) is 14.8 Å². The minimum Gasteiger partial charge on any atom is -0.491 e. The number of hydrogen-bond donors (Lipinski definition) is 2. The second kappa shape index (κ2) is 7.40. The van der Waals surface area contributed by atoms with Crippen LogP contribution < -0.4 is 10.2 Å². The van der Waals surface area contributed by atoms with Crippen LogP contribution in [-0.2, 0) is 11.3 Å². The van der Waals surface area contributed by atoms with Crippen molar-refractivity contribution >= 4 is 11.8 Å². The normalized spacial score (nSPS) is 16.7. The molecule has 27 heavy (non-hydrogen) atoms. The van der Waals surface area contributed by atoms with Crippen LogP contribution in [0.25, 0.3) is 0 Å². The standard InChI is InChI=1S/C21H24N2O4/c1-21(2,3)20(25)23-12-16-10-9-15(19(24)22-26)11-18(16)27-13-17(23)14-7-5-4-6-8-14/h4-11,17,26H,12-13H2,1-3H3,(H,22,24). The van der Waals surface area contributed by atoms with Gasteiger partial charge in [-0.15, -0.1) is 0 Å². The summed E-state index contributed by atoms with van der Waals surface area (Å²) in [5.74, 6) is -0.0286. The van der Waals surface area contributed by atoms with Gasteiger partial charge >= 0.3 is 0 Å². The van der Waals surface area contributed by atoms with Gasteiger partial charge in [0, 0.05) is 16.5 Å². The fourth-order valence-corrected chi connectivity index (χ4v) is 3.17. The highest BCUT2D eigenvalue weighted by Crippen LogP contribution is 2.35. The summed E-state index contributed by atoms with van der Waals surface area (Å²) < 4.78 is 5.99. The molecular formula is C21H24N2O4. The molecule has 0 spiro atoms. The largest absolute Gasteiger partial charge is 0.491 e. The number of nitrogens with one attached hydrogen (secondary N) is 1. The van der Waals surface area contributed by atoms with Crippen molar-refractivity contribution < 1.29 is 19.5 Å². The van der Waals surface area contributed by atoms with Crippen LogP contribution in [0.15, 0.2) is 48.5 Å². The first-order valence-corrected chi connectivity index (χ1v) is 8.87. The van der Waals surface area contributed by atoms with E-state index in [1.54, 1.807) is 23.7 Å². The molecular weight excluding hydrogens is 344 g/mol. The molecule has 1 atom stereocenters. The zero-order valence-corrected chi connectivity index (χ0v) is 15.7. The number of ether oxygens (including phenoxy) is 1. The molecule has 1 aliphatic heterocycles. The van der Waals surface area contributed by atoms with E-state index in [4.69, 9.17) is 9.94 Å². The molecule has 1 heterocycles. The molecule has 3 rings (SSSR count). The third-order valence-electron chi connectivity index (χ3n) is 4.63. The number of hydroxylamine groups is 1. The number of nitrogens with zero attached hydrogens (tertiary/aromatic N) is 1. The molecule has 0 bridgehead atoms. The summed E-state index contributed by atoms with van der Waals surface area (Å²) in [6, 6.07) is 14.5. The number of benzene rings is 2. The van der Waals surface area contributed by atoms with Crippen LogP contribution in [0.1, 0.15) is 48.3 Å². The van der Waals surface area contributed by atoms with E-state index in [9.17, 15) is 9.59 Å². The van der Waals surface area contributed by atoms with Crippen molar-refractivity contribution in [1.29, 1.82) is 0 Å². The summed E-state index contributed by atoms with van der Waals surface area (Å²) >= 11 is 0. The van der Waals surface area contributed by atoms with Gasteiger partial charge in [0.2, 0.25) is 5.91 Å². The van der Waals surface area contributed by atoms with Crippen LogP contribution >= 0.6 is 0 Å². The van der Waals surface area contributed by atoms with E-state index < -0.39 is 11.3 Å². The summed E-state index contributed by atoms with van der Waals surface area (Å²) in [6.07, 6.45) is 0. The van der Waals surface area contributed by atoms with Crippen LogP contribution in [0.2, 0.25) is 0 Å². The lowest BCUT2D eigenvalue weighted by molar-refractivity contribution is -0.143. The van der Waals surface area contributed by atoms with Gasteiger partial charge in [0.1, 0.15) is 12.4 Å². The number of carbonyl (C=O) groups is 2. The van der Waals surface area contributed by atoms with Gasteiger partial charge in [0.15, 0.2) is 0 Å². The second-order valence-corrected chi connectivity index (χ2v) is 7.68. The molecule has 142 valence electrons. The van der Waals surface area contributed by atoms with Gasteiger partial charge in [-0.05, 0) is 17.7 Å². The van der Waals surface area contributed by atoms with Crippen LogP contribution in [0, 0.1) is 5.41 Å². The average Bonchev–Trinajstić information content (AvgIpc) is 2.85. The predicted octanol–water partition coefficient (Wildman–Crippen LogP) is 3.31. The molecule has 1 aliphatic rings. The number of rotatable bonds is 2. The Morgan fingerprint density at radius 3 is 2.48 bits per heavy atom. The summed E-state index contributed by atoms with van der Waals surface area (Å²) in [5, 5.41) is 8.85. The lowest BCUT2D eigenvalue weighted by atomic mass is 9.92. The molecule has 2 aromatic rings. The minimum atomic E-state index is -0.604. The number of fused-ring (bicyclic) bond motifs is 1. The SMILES string of the molecule is CC(C)(C)C(=O)N1Cc2ccc(C(=O)NO)cc2OCC1c1ccccc1. The maximum absolute atomic E-state index is 13.2. The third-order valence-corrected chi connectivity index (χ3v) is 4.63. The monoisotopic (exact) mass is 368 g/mol. The maximum Gasteiger partial charge on any atom is 0.274 e. The van der Waals surface area contributed by atoms with Crippen molar-refractivity contribution in [2.24, 2.45) is 5.41 Å². The van der Waals surface area contributed by atoms with Crippen molar-refractivity contribution in [3.8, 4) is 5.75 Å². The molecule has 6 nitrogen and oxygen atoms in total. The molecule has 2 aromatic carbocycles. The van der Waals surface area contributed by atoms with Crippen molar-refractivity contribution in [3.63, 3.8) is 0 Å². The topological polar surface area (TPSA) is 78.9 Å². The summed E-state index contributed by atoms with van der Waals surface area (Å²) in [7, 11) is 0. The van der Waals surface area contributed by atoms with Gasteiger partial charge in [-0.1, -0.05) is 57.2 Å². The molecule has 2 N–H and O–H groups in total. The van der Waals surface area contributed by atoms with Gasteiger partial charge in [0.05, 0.1) is 12.6 Å². The van der Waals surface area contributed by atoms with Crippen molar-refractivity contribution in [3.05, 3.63) is 65.2 Å². The number of amides is 2. The van der Waals surface area contributed by atoms with Crippen molar-refractivity contribution in [2.75, 3.05) is 6.61 Å². The number of hydrogen-bond acceptors (Lipinski definition) is 4. The first-order chi connectivity index (χ1) is 12.8. The lowest BCUT2D eigenvalue weighted by Crippen LogP contribution is -2.42. The first-order valence-electron chi connectivity index (χ1n) is 8.87. The second-order valence-electron chi connectivity index (χ2n) is 7.68. The quantitative estimate of drug-likeness (QED) is 0.630. The smallest absolute Gasteiger partial charge is 0.274 e. The summed E-state index contributed by atoms with van der Waals surface area (Å²) in [5.41, 5.74) is 3.20. The molecule has 0 aromatic heterocycles. The highest BCUT2D eigenvalue weighted by Gasteiger charge is 2.35. The van der Waals surface area contributed by atoms with Gasteiger partial charge in [0.25, 0.3) is 5.91 Å². The minimum absolute atomic E-state index is 0.0324. The van der Waals surface area contributed by atoms with E-state index >= 15 is 0 Å². The van der Waals surface area contributed by atoms with Gasteiger partial charge < -0.3 is 9.64 Å². The predicted molar refractivity (Wildman–Crippen MR) is 100 cm³/mol. The molecule has 1 unspecified atom stereocenters. The van der Waals surface area contributed by atoms with Crippen LogP contribution in [-0.4, -0.2) is 28.5 Å². The van der Waals surface area contributed by atoms with E-state index in [1.807, 2.05) is 56.0 Å². The Kier molecular flexibility index (Phi) is 5.19. The maximum atomic E-state index is 13.2. The molecule has 0 saturated heterocycles. The van der Waals surface area contributed by atoms with E-state index in [1.165, 1.54) is 0 Å². The van der Waals surface area contributed by atoms with Crippen LogP contribution in [0.5, 0.6) is 5.75 Å². The summed E-state index contributed by atoms with van der Waals surface area (Å²) in [6.45, 7) is 6.37. The number of carbonyl (C=O) groups excluding carboxylic acids is 2.